The van der Waals surface area contributed by atoms with Gasteiger partial charge in [0.05, 0.1) is 13.7 Å². The van der Waals surface area contributed by atoms with E-state index in [1.165, 1.54) is 6.08 Å². The molecule has 0 atom stereocenters. The standard InChI is InChI=1S/C14H17BrO4/c1-18-13-10-11(5-7-14(16)17)4-6-12(13)19-9-3-2-8-15/h4-7,10H,2-3,8-9H2,1H3,(H,16,17). The second-order valence-corrected chi connectivity index (χ2v) is 4.62. The molecule has 0 saturated carbocycles. The van der Waals surface area contributed by atoms with Gasteiger partial charge in [0.15, 0.2) is 11.5 Å². The lowest BCUT2D eigenvalue weighted by molar-refractivity contribution is -0.131. The van der Waals surface area contributed by atoms with E-state index in [0.29, 0.717) is 18.1 Å². The van der Waals surface area contributed by atoms with Crippen molar-refractivity contribution in [1.29, 1.82) is 0 Å². The summed E-state index contributed by atoms with van der Waals surface area (Å²) in [6, 6.07) is 5.33. The zero-order valence-corrected chi connectivity index (χ0v) is 12.4. The third-order valence-electron chi connectivity index (χ3n) is 2.39. The highest BCUT2D eigenvalue weighted by molar-refractivity contribution is 9.09. The van der Waals surface area contributed by atoms with Gasteiger partial charge in [0, 0.05) is 11.4 Å². The van der Waals surface area contributed by atoms with E-state index in [0.717, 1.165) is 29.8 Å². The molecule has 0 aromatic heterocycles. The van der Waals surface area contributed by atoms with Gasteiger partial charge < -0.3 is 14.6 Å². The molecule has 5 heteroatoms. The summed E-state index contributed by atoms with van der Waals surface area (Å²) in [5.41, 5.74) is 0.757. The highest BCUT2D eigenvalue weighted by Crippen LogP contribution is 2.28. The number of carbonyl (C=O) groups is 1. The van der Waals surface area contributed by atoms with Crippen molar-refractivity contribution < 1.29 is 19.4 Å². The zero-order valence-electron chi connectivity index (χ0n) is 10.8. The van der Waals surface area contributed by atoms with Crippen molar-refractivity contribution in [3.05, 3.63) is 29.8 Å². The van der Waals surface area contributed by atoms with Crippen molar-refractivity contribution in [2.24, 2.45) is 0 Å². The Kier molecular flexibility index (Phi) is 7.03. The van der Waals surface area contributed by atoms with Gasteiger partial charge in [-0.2, -0.15) is 0 Å². The average Bonchev–Trinajstić information content (AvgIpc) is 2.42. The maximum atomic E-state index is 10.5. The van der Waals surface area contributed by atoms with Crippen LogP contribution in [0.25, 0.3) is 6.08 Å². The van der Waals surface area contributed by atoms with Gasteiger partial charge >= 0.3 is 5.97 Å². The molecule has 1 N–H and O–H groups in total. The monoisotopic (exact) mass is 328 g/mol. The molecule has 0 amide bonds. The third kappa shape index (κ3) is 5.79. The lowest BCUT2D eigenvalue weighted by Gasteiger charge is -2.11. The number of methoxy groups -OCH3 is 1. The molecular formula is C14H17BrO4. The molecule has 0 fully saturated rings. The second-order valence-electron chi connectivity index (χ2n) is 3.83. The Morgan fingerprint density at radius 3 is 2.79 bits per heavy atom. The summed E-state index contributed by atoms with van der Waals surface area (Å²) in [7, 11) is 1.56. The van der Waals surface area contributed by atoms with Crippen LogP contribution in [0.15, 0.2) is 24.3 Å². The number of carboxylic acids is 1. The van der Waals surface area contributed by atoms with E-state index in [1.54, 1.807) is 25.3 Å². The first-order valence-electron chi connectivity index (χ1n) is 5.95. The van der Waals surface area contributed by atoms with Crippen molar-refractivity contribution in [3.63, 3.8) is 0 Å². The maximum Gasteiger partial charge on any atom is 0.328 e. The van der Waals surface area contributed by atoms with E-state index in [4.69, 9.17) is 14.6 Å². The molecule has 0 bridgehead atoms. The van der Waals surface area contributed by atoms with Gasteiger partial charge in [-0.25, -0.2) is 4.79 Å². The van der Waals surface area contributed by atoms with Crippen LogP contribution in [0.3, 0.4) is 0 Å². The summed E-state index contributed by atoms with van der Waals surface area (Å²) in [4.78, 5) is 10.5. The van der Waals surface area contributed by atoms with Gasteiger partial charge in [-0.05, 0) is 36.6 Å². The molecule has 0 aliphatic rings. The van der Waals surface area contributed by atoms with Crippen molar-refractivity contribution in [2.75, 3.05) is 19.0 Å². The van der Waals surface area contributed by atoms with Crippen molar-refractivity contribution >= 4 is 28.0 Å². The first-order valence-corrected chi connectivity index (χ1v) is 7.07. The van der Waals surface area contributed by atoms with Crippen molar-refractivity contribution in [2.45, 2.75) is 12.8 Å². The van der Waals surface area contributed by atoms with Crippen LogP contribution in [-0.2, 0) is 4.79 Å². The molecule has 1 aromatic carbocycles. The number of rotatable bonds is 8. The molecule has 0 aliphatic heterocycles. The van der Waals surface area contributed by atoms with Gasteiger partial charge in [0.25, 0.3) is 0 Å². The van der Waals surface area contributed by atoms with E-state index in [2.05, 4.69) is 15.9 Å². The summed E-state index contributed by atoms with van der Waals surface area (Å²) < 4.78 is 10.9. The quantitative estimate of drug-likeness (QED) is 0.451. The fourth-order valence-electron chi connectivity index (χ4n) is 1.45. The number of hydrogen-bond acceptors (Lipinski definition) is 3. The Morgan fingerprint density at radius 2 is 2.16 bits per heavy atom. The summed E-state index contributed by atoms with van der Waals surface area (Å²) >= 11 is 3.37. The molecule has 0 saturated heterocycles. The topological polar surface area (TPSA) is 55.8 Å². The van der Waals surface area contributed by atoms with Crippen LogP contribution in [0.1, 0.15) is 18.4 Å². The zero-order chi connectivity index (χ0) is 14.1. The second kappa shape index (κ2) is 8.58. The Morgan fingerprint density at radius 1 is 1.37 bits per heavy atom. The average molecular weight is 329 g/mol. The van der Waals surface area contributed by atoms with Gasteiger partial charge in [-0.15, -0.1) is 0 Å². The molecule has 0 aliphatic carbocycles. The van der Waals surface area contributed by atoms with E-state index >= 15 is 0 Å². The molecule has 1 rings (SSSR count). The Labute approximate surface area is 121 Å². The normalized spacial score (nSPS) is 10.6. The number of halogens is 1. The van der Waals surface area contributed by atoms with Crippen molar-refractivity contribution in [3.8, 4) is 11.5 Å². The summed E-state index contributed by atoms with van der Waals surface area (Å²) in [5.74, 6) is 0.296. The third-order valence-corrected chi connectivity index (χ3v) is 2.95. The summed E-state index contributed by atoms with van der Waals surface area (Å²) in [6.07, 6.45) is 4.63. The van der Waals surface area contributed by atoms with Gasteiger partial charge in [0.1, 0.15) is 0 Å². The van der Waals surface area contributed by atoms with E-state index in [9.17, 15) is 4.79 Å². The van der Waals surface area contributed by atoms with E-state index < -0.39 is 5.97 Å². The molecule has 0 unspecified atom stereocenters. The van der Waals surface area contributed by atoms with E-state index in [-0.39, 0.29) is 0 Å². The van der Waals surface area contributed by atoms with Crippen LogP contribution in [0.5, 0.6) is 11.5 Å². The number of benzene rings is 1. The molecule has 0 radical (unpaired) electrons. The van der Waals surface area contributed by atoms with Crippen molar-refractivity contribution in [1.82, 2.24) is 0 Å². The summed E-state index contributed by atoms with van der Waals surface area (Å²) in [5, 5.41) is 9.54. The minimum atomic E-state index is -0.978. The number of aliphatic carboxylic acids is 1. The van der Waals surface area contributed by atoms with Crippen LogP contribution in [0, 0.1) is 0 Å². The molecular weight excluding hydrogens is 312 g/mol. The Bertz CT molecular complexity index is 443. The van der Waals surface area contributed by atoms with Gasteiger partial charge in [-0.1, -0.05) is 22.0 Å². The molecule has 0 heterocycles. The number of hydrogen-bond donors (Lipinski definition) is 1. The van der Waals surface area contributed by atoms with E-state index in [1.807, 2.05) is 0 Å². The predicted octanol–water partition coefficient (Wildman–Crippen LogP) is 3.35. The van der Waals surface area contributed by atoms with Crippen LogP contribution in [-0.4, -0.2) is 30.1 Å². The van der Waals surface area contributed by atoms with Crippen LogP contribution in [0.2, 0.25) is 0 Å². The predicted molar refractivity (Wildman–Crippen MR) is 78.2 cm³/mol. The highest BCUT2D eigenvalue weighted by Gasteiger charge is 2.04. The highest BCUT2D eigenvalue weighted by atomic mass is 79.9. The molecule has 1 aromatic rings. The fourth-order valence-corrected chi connectivity index (χ4v) is 1.85. The number of carboxylic acid groups (broad SMARTS) is 1. The fraction of sp³-hybridized carbons (Fsp3) is 0.357. The molecule has 0 spiro atoms. The number of alkyl halides is 1. The smallest absolute Gasteiger partial charge is 0.328 e. The van der Waals surface area contributed by atoms with Crippen LogP contribution in [0.4, 0.5) is 0 Å². The molecule has 19 heavy (non-hydrogen) atoms. The Balaban J connectivity index is 2.70. The lowest BCUT2D eigenvalue weighted by atomic mass is 10.2. The van der Waals surface area contributed by atoms with Gasteiger partial charge in [0.2, 0.25) is 0 Å². The molecule has 104 valence electrons. The van der Waals surface area contributed by atoms with Crippen LogP contribution >= 0.6 is 15.9 Å². The number of unbranched alkanes of at least 4 members (excludes halogenated alkanes) is 1. The van der Waals surface area contributed by atoms with Gasteiger partial charge in [-0.3, -0.25) is 0 Å². The Hall–Kier alpha value is -1.49. The number of ether oxygens (including phenoxy) is 2. The van der Waals surface area contributed by atoms with Crippen LogP contribution < -0.4 is 9.47 Å². The summed E-state index contributed by atoms with van der Waals surface area (Å²) in [6.45, 7) is 0.631. The minimum Gasteiger partial charge on any atom is -0.493 e. The SMILES string of the molecule is COc1cc(C=CC(=O)O)ccc1OCCCCBr. The minimum absolute atomic E-state index is 0.603. The first-order chi connectivity index (χ1) is 9.17. The lowest BCUT2D eigenvalue weighted by Crippen LogP contribution is -1.99. The molecule has 4 nitrogen and oxygen atoms in total. The largest absolute Gasteiger partial charge is 0.493 e. The first kappa shape index (κ1) is 15.6. The maximum absolute atomic E-state index is 10.5.